The smallest absolute Gasteiger partial charge is 0.316 e. The van der Waals surface area contributed by atoms with Gasteiger partial charge in [0, 0.05) is 49.0 Å². The van der Waals surface area contributed by atoms with E-state index >= 15 is 0 Å². The molecule has 1 aromatic carbocycles. The van der Waals surface area contributed by atoms with E-state index in [-0.39, 0.29) is 18.1 Å². The van der Waals surface area contributed by atoms with Gasteiger partial charge in [0.2, 0.25) is 0 Å². The van der Waals surface area contributed by atoms with Crippen LogP contribution < -0.4 is 4.90 Å². The van der Waals surface area contributed by atoms with Gasteiger partial charge in [0.15, 0.2) is 0 Å². The van der Waals surface area contributed by atoms with E-state index in [1.807, 2.05) is 29.2 Å². The summed E-state index contributed by atoms with van der Waals surface area (Å²) in [5.74, 6) is 0. The van der Waals surface area contributed by atoms with Gasteiger partial charge in [0.1, 0.15) is 0 Å². The molecule has 2 aliphatic heterocycles. The van der Waals surface area contributed by atoms with Crippen LogP contribution in [0.2, 0.25) is 5.02 Å². The van der Waals surface area contributed by atoms with Crippen LogP contribution >= 0.6 is 11.6 Å². The van der Waals surface area contributed by atoms with Crippen LogP contribution in [-0.4, -0.2) is 54.1 Å². The van der Waals surface area contributed by atoms with E-state index in [2.05, 4.69) is 37.5 Å². The van der Waals surface area contributed by atoms with E-state index in [0.29, 0.717) is 10.4 Å². The van der Waals surface area contributed by atoms with Gasteiger partial charge in [-0.2, -0.15) is 0 Å². The maximum absolute atomic E-state index is 13.1. The number of carbonyl (C=O) groups is 1. The summed E-state index contributed by atoms with van der Waals surface area (Å²) in [5.41, 5.74) is 1.46. The SMILES string of the molecule is CCCC1(CCC)CN(CC(C)N2C(=O)N(c3ccc(Cl)cc3)CC2C)C1. The van der Waals surface area contributed by atoms with Gasteiger partial charge in [0.05, 0.1) is 0 Å². The van der Waals surface area contributed by atoms with Crippen molar-refractivity contribution in [2.75, 3.05) is 31.1 Å². The number of hydrogen-bond acceptors (Lipinski definition) is 2. The standard InChI is InChI=1S/C22H34ClN3O/c1-5-11-22(12-6-2)15-24(16-22)13-17(3)26-18(4)14-25(21(26)27)20-9-7-19(23)8-10-20/h7-10,17-18H,5-6,11-16H2,1-4H3. The third-order valence-corrected chi connectivity index (χ3v) is 6.44. The van der Waals surface area contributed by atoms with E-state index in [9.17, 15) is 4.79 Å². The molecule has 0 spiro atoms. The Morgan fingerprint density at radius 2 is 1.74 bits per heavy atom. The van der Waals surface area contributed by atoms with Gasteiger partial charge >= 0.3 is 6.03 Å². The van der Waals surface area contributed by atoms with Crippen LogP contribution in [-0.2, 0) is 0 Å². The van der Waals surface area contributed by atoms with Gasteiger partial charge in [-0.15, -0.1) is 0 Å². The van der Waals surface area contributed by atoms with E-state index in [1.54, 1.807) is 0 Å². The molecule has 3 rings (SSSR count). The first-order valence-electron chi connectivity index (χ1n) is 10.5. The Kier molecular flexibility index (Phi) is 6.37. The highest BCUT2D eigenvalue weighted by Crippen LogP contribution is 2.40. The maximum atomic E-state index is 13.1. The number of halogens is 1. The first kappa shape index (κ1) is 20.5. The first-order chi connectivity index (χ1) is 12.9. The number of rotatable bonds is 8. The van der Waals surface area contributed by atoms with Crippen LogP contribution in [0.5, 0.6) is 0 Å². The zero-order chi connectivity index (χ0) is 19.6. The highest BCUT2D eigenvalue weighted by molar-refractivity contribution is 6.30. The Morgan fingerprint density at radius 3 is 2.30 bits per heavy atom. The molecule has 0 aromatic heterocycles. The second-order valence-electron chi connectivity index (χ2n) is 8.64. The molecular formula is C22H34ClN3O. The summed E-state index contributed by atoms with van der Waals surface area (Å²) < 4.78 is 0. The summed E-state index contributed by atoms with van der Waals surface area (Å²) in [6, 6.07) is 8.13. The molecule has 2 fully saturated rings. The monoisotopic (exact) mass is 391 g/mol. The lowest BCUT2D eigenvalue weighted by atomic mass is 9.72. The molecule has 5 heteroatoms. The first-order valence-corrected chi connectivity index (χ1v) is 10.8. The molecule has 150 valence electrons. The molecule has 2 atom stereocenters. The zero-order valence-electron chi connectivity index (χ0n) is 17.2. The van der Waals surface area contributed by atoms with Crippen molar-refractivity contribution < 1.29 is 4.79 Å². The fourth-order valence-corrected chi connectivity index (χ4v) is 5.34. The Morgan fingerprint density at radius 1 is 1.15 bits per heavy atom. The van der Waals surface area contributed by atoms with E-state index in [1.165, 1.54) is 38.8 Å². The second kappa shape index (κ2) is 8.40. The number of hydrogen-bond donors (Lipinski definition) is 0. The number of nitrogens with zero attached hydrogens (tertiary/aromatic N) is 3. The molecular weight excluding hydrogens is 358 g/mol. The lowest BCUT2D eigenvalue weighted by Crippen LogP contribution is -2.59. The van der Waals surface area contributed by atoms with E-state index in [0.717, 1.165) is 18.8 Å². The summed E-state index contributed by atoms with van der Waals surface area (Å²) in [4.78, 5) is 19.6. The highest BCUT2D eigenvalue weighted by Gasteiger charge is 2.44. The van der Waals surface area contributed by atoms with Crippen LogP contribution in [0.3, 0.4) is 0 Å². The van der Waals surface area contributed by atoms with Crippen LogP contribution in [0.4, 0.5) is 10.5 Å². The topological polar surface area (TPSA) is 26.8 Å². The molecule has 0 aliphatic carbocycles. The quantitative estimate of drug-likeness (QED) is 0.604. The van der Waals surface area contributed by atoms with Crippen molar-refractivity contribution in [3.05, 3.63) is 29.3 Å². The third-order valence-electron chi connectivity index (χ3n) is 6.19. The van der Waals surface area contributed by atoms with Crippen molar-refractivity contribution in [3.63, 3.8) is 0 Å². The molecule has 2 amide bonds. The molecule has 2 heterocycles. The molecule has 2 saturated heterocycles. The van der Waals surface area contributed by atoms with Crippen molar-refractivity contribution in [2.45, 2.75) is 65.5 Å². The summed E-state index contributed by atoms with van der Waals surface area (Å²) >= 11 is 5.99. The number of benzene rings is 1. The predicted octanol–water partition coefficient (Wildman–Crippen LogP) is 5.26. The highest BCUT2D eigenvalue weighted by atomic mass is 35.5. The van der Waals surface area contributed by atoms with Gasteiger partial charge in [-0.05, 0) is 56.4 Å². The normalized spacial score (nSPS) is 23.6. The predicted molar refractivity (Wildman–Crippen MR) is 114 cm³/mol. The molecule has 2 unspecified atom stereocenters. The molecule has 0 bridgehead atoms. The fourth-order valence-electron chi connectivity index (χ4n) is 5.21. The van der Waals surface area contributed by atoms with Crippen LogP contribution in [0.1, 0.15) is 53.4 Å². The number of urea groups is 1. The molecule has 1 aromatic rings. The van der Waals surface area contributed by atoms with Crippen LogP contribution in [0.25, 0.3) is 0 Å². The average Bonchev–Trinajstić information content (AvgIpc) is 2.89. The van der Waals surface area contributed by atoms with Crippen LogP contribution in [0, 0.1) is 5.41 Å². The molecule has 2 aliphatic rings. The zero-order valence-corrected chi connectivity index (χ0v) is 18.0. The van der Waals surface area contributed by atoms with Gasteiger partial charge in [-0.1, -0.05) is 38.3 Å². The van der Waals surface area contributed by atoms with Gasteiger partial charge < -0.3 is 9.80 Å². The fraction of sp³-hybridized carbons (Fsp3) is 0.682. The Labute approximate surface area is 169 Å². The molecule has 4 nitrogen and oxygen atoms in total. The Hall–Kier alpha value is -1.26. The summed E-state index contributed by atoms with van der Waals surface area (Å²) in [7, 11) is 0. The second-order valence-corrected chi connectivity index (χ2v) is 9.08. The summed E-state index contributed by atoms with van der Waals surface area (Å²) in [6.07, 6.45) is 5.19. The largest absolute Gasteiger partial charge is 0.325 e. The number of anilines is 1. The lowest BCUT2D eigenvalue weighted by molar-refractivity contribution is -0.0262. The van der Waals surface area contributed by atoms with Crippen molar-refractivity contribution in [1.29, 1.82) is 0 Å². The van der Waals surface area contributed by atoms with Crippen molar-refractivity contribution in [1.82, 2.24) is 9.80 Å². The molecule has 0 saturated carbocycles. The minimum Gasteiger partial charge on any atom is -0.316 e. The summed E-state index contributed by atoms with van der Waals surface area (Å²) in [5, 5.41) is 0.698. The van der Waals surface area contributed by atoms with Gasteiger partial charge in [-0.3, -0.25) is 4.90 Å². The number of likely N-dealkylation sites (tertiary alicyclic amines) is 1. The van der Waals surface area contributed by atoms with Gasteiger partial charge in [0.25, 0.3) is 0 Å². The van der Waals surface area contributed by atoms with Crippen molar-refractivity contribution >= 4 is 23.3 Å². The Bertz CT molecular complexity index is 633. The van der Waals surface area contributed by atoms with Crippen molar-refractivity contribution in [2.24, 2.45) is 5.41 Å². The third kappa shape index (κ3) is 4.27. The lowest BCUT2D eigenvalue weighted by Gasteiger charge is -2.52. The maximum Gasteiger partial charge on any atom is 0.325 e. The number of amides is 2. The minimum atomic E-state index is 0.117. The Balaban J connectivity index is 1.59. The van der Waals surface area contributed by atoms with Crippen LogP contribution in [0.15, 0.2) is 24.3 Å². The summed E-state index contributed by atoms with van der Waals surface area (Å²) in [6.45, 7) is 13.0. The minimum absolute atomic E-state index is 0.117. The molecule has 0 radical (unpaired) electrons. The average molecular weight is 392 g/mol. The molecule has 27 heavy (non-hydrogen) atoms. The van der Waals surface area contributed by atoms with E-state index < -0.39 is 0 Å². The van der Waals surface area contributed by atoms with Gasteiger partial charge in [-0.25, -0.2) is 4.79 Å². The molecule has 0 N–H and O–H groups in total. The van der Waals surface area contributed by atoms with Crippen molar-refractivity contribution in [3.8, 4) is 0 Å². The number of carbonyl (C=O) groups excluding carboxylic acids is 1. The van der Waals surface area contributed by atoms with E-state index in [4.69, 9.17) is 11.6 Å².